The highest BCUT2D eigenvalue weighted by atomic mass is 35.5. The molecule has 0 radical (unpaired) electrons. The summed E-state index contributed by atoms with van der Waals surface area (Å²) in [4.78, 5) is 11.2. The summed E-state index contributed by atoms with van der Waals surface area (Å²) in [5.74, 6) is 0.192. The van der Waals surface area contributed by atoms with Crippen molar-refractivity contribution in [3.8, 4) is 5.75 Å². The second-order valence-electron chi connectivity index (χ2n) is 6.10. The minimum Gasteiger partial charge on any atom is -0.505 e. The molecule has 122 valence electrons. The lowest BCUT2D eigenvalue weighted by Gasteiger charge is -2.28. The molecule has 5 heteroatoms. The predicted octanol–water partition coefficient (Wildman–Crippen LogP) is 4.17. The molecule has 3 heterocycles. The zero-order valence-electron chi connectivity index (χ0n) is 13.2. The standard InChI is InChI=1S/C19H18ClN3O/c20-15-12-14(19(24)17-13(15)6-5-9-22-17)18(23-10-3-4-11-23)16-7-1-2-8-21-16/h1-2,5-9,12,18,24H,3-4,10-11H2. The van der Waals surface area contributed by atoms with E-state index in [9.17, 15) is 5.11 Å². The van der Waals surface area contributed by atoms with Crippen LogP contribution >= 0.6 is 11.6 Å². The molecule has 1 atom stereocenters. The summed E-state index contributed by atoms with van der Waals surface area (Å²) in [6, 6.07) is 11.3. The minimum atomic E-state index is -0.113. The smallest absolute Gasteiger partial charge is 0.147 e. The van der Waals surface area contributed by atoms with E-state index in [-0.39, 0.29) is 11.8 Å². The van der Waals surface area contributed by atoms with Crippen LogP contribution in [0.1, 0.15) is 30.1 Å². The highest BCUT2D eigenvalue weighted by Gasteiger charge is 2.29. The zero-order valence-corrected chi connectivity index (χ0v) is 13.9. The first-order chi connectivity index (χ1) is 11.8. The molecule has 1 aliphatic rings. The third-order valence-electron chi connectivity index (χ3n) is 4.61. The molecule has 3 aromatic rings. The molecule has 1 N–H and O–H groups in total. The SMILES string of the molecule is Oc1c(C(c2ccccn2)N2CCCC2)cc(Cl)c2cccnc12. The maximum Gasteiger partial charge on any atom is 0.147 e. The van der Waals surface area contributed by atoms with Crippen molar-refractivity contribution < 1.29 is 5.11 Å². The number of fused-ring (bicyclic) bond motifs is 1. The van der Waals surface area contributed by atoms with Crippen molar-refractivity contribution in [3.63, 3.8) is 0 Å². The van der Waals surface area contributed by atoms with Crippen LogP contribution < -0.4 is 0 Å². The van der Waals surface area contributed by atoms with E-state index in [0.717, 1.165) is 42.6 Å². The van der Waals surface area contributed by atoms with Crippen LogP contribution in [0.5, 0.6) is 5.75 Å². The van der Waals surface area contributed by atoms with Gasteiger partial charge in [-0.05, 0) is 56.3 Å². The van der Waals surface area contributed by atoms with E-state index in [2.05, 4.69) is 14.9 Å². The van der Waals surface area contributed by atoms with Crippen molar-refractivity contribution in [2.24, 2.45) is 0 Å². The number of rotatable bonds is 3. The summed E-state index contributed by atoms with van der Waals surface area (Å²) in [5, 5.41) is 12.3. The normalized spacial score (nSPS) is 16.5. The lowest BCUT2D eigenvalue weighted by atomic mass is 9.98. The number of halogens is 1. The van der Waals surface area contributed by atoms with Crippen LogP contribution in [0, 0.1) is 0 Å². The maximum atomic E-state index is 10.9. The lowest BCUT2D eigenvalue weighted by molar-refractivity contribution is 0.271. The molecule has 0 saturated carbocycles. The van der Waals surface area contributed by atoms with Gasteiger partial charge in [0, 0.05) is 23.3 Å². The van der Waals surface area contributed by atoms with Gasteiger partial charge in [0.25, 0.3) is 0 Å². The van der Waals surface area contributed by atoms with E-state index < -0.39 is 0 Å². The number of aromatic hydroxyl groups is 1. The molecule has 1 aromatic carbocycles. The predicted molar refractivity (Wildman–Crippen MR) is 95.3 cm³/mol. The highest BCUT2D eigenvalue weighted by molar-refractivity contribution is 6.35. The van der Waals surface area contributed by atoms with Crippen molar-refractivity contribution in [1.29, 1.82) is 0 Å². The average Bonchev–Trinajstić information content (AvgIpc) is 3.15. The number of benzene rings is 1. The van der Waals surface area contributed by atoms with Crippen LogP contribution in [-0.4, -0.2) is 33.1 Å². The number of aromatic nitrogens is 2. The Labute approximate surface area is 145 Å². The number of hydrogen-bond acceptors (Lipinski definition) is 4. The van der Waals surface area contributed by atoms with Gasteiger partial charge in [0.1, 0.15) is 11.3 Å². The monoisotopic (exact) mass is 339 g/mol. The fraction of sp³-hybridized carbons (Fsp3) is 0.263. The fourth-order valence-electron chi connectivity index (χ4n) is 3.50. The van der Waals surface area contributed by atoms with Gasteiger partial charge in [-0.2, -0.15) is 0 Å². The molecule has 24 heavy (non-hydrogen) atoms. The molecule has 4 nitrogen and oxygen atoms in total. The maximum absolute atomic E-state index is 10.9. The largest absolute Gasteiger partial charge is 0.505 e. The Balaban J connectivity index is 1.92. The van der Waals surface area contributed by atoms with Gasteiger partial charge in [-0.25, -0.2) is 0 Å². The van der Waals surface area contributed by atoms with Gasteiger partial charge in [0.15, 0.2) is 0 Å². The van der Waals surface area contributed by atoms with Crippen LogP contribution in [0.3, 0.4) is 0 Å². The molecule has 0 spiro atoms. The molecule has 1 saturated heterocycles. The summed E-state index contributed by atoms with van der Waals surface area (Å²) in [6.07, 6.45) is 5.78. The van der Waals surface area contributed by atoms with Crippen LogP contribution in [0.15, 0.2) is 48.8 Å². The van der Waals surface area contributed by atoms with E-state index in [4.69, 9.17) is 11.6 Å². The molecule has 4 rings (SSSR count). The lowest BCUT2D eigenvalue weighted by Crippen LogP contribution is -2.27. The molecule has 0 amide bonds. The van der Waals surface area contributed by atoms with Crippen molar-refractivity contribution >= 4 is 22.5 Å². The summed E-state index contributed by atoms with van der Waals surface area (Å²) in [5.41, 5.74) is 2.23. The van der Waals surface area contributed by atoms with Crippen LogP contribution in [0.4, 0.5) is 0 Å². The van der Waals surface area contributed by atoms with Crippen molar-refractivity contribution in [2.45, 2.75) is 18.9 Å². The first-order valence-electron chi connectivity index (χ1n) is 8.17. The molecule has 1 aliphatic heterocycles. The summed E-state index contributed by atoms with van der Waals surface area (Å²) >= 11 is 6.48. The Morgan fingerprint density at radius 3 is 2.58 bits per heavy atom. The second-order valence-corrected chi connectivity index (χ2v) is 6.50. The molecule has 0 bridgehead atoms. The Kier molecular flexibility index (Phi) is 4.08. The molecule has 1 fully saturated rings. The Morgan fingerprint density at radius 2 is 1.83 bits per heavy atom. The van der Waals surface area contributed by atoms with Crippen LogP contribution in [-0.2, 0) is 0 Å². The van der Waals surface area contributed by atoms with Crippen LogP contribution in [0.2, 0.25) is 5.02 Å². The zero-order chi connectivity index (χ0) is 16.5. The summed E-state index contributed by atoms with van der Waals surface area (Å²) < 4.78 is 0. The second kappa shape index (κ2) is 6.38. The van der Waals surface area contributed by atoms with Crippen LogP contribution in [0.25, 0.3) is 10.9 Å². The van der Waals surface area contributed by atoms with Crippen molar-refractivity contribution in [1.82, 2.24) is 14.9 Å². The minimum absolute atomic E-state index is 0.113. The van der Waals surface area contributed by atoms with Gasteiger partial charge in [0.05, 0.1) is 16.8 Å². The first kappa shape index (κ1) is 15.4. The first-order valence-corrected chi connectivity index (χ1v) is 8.54. The third-order valence-corrected chi connectivity index (χ3v) is 4.93. The molecule has 2 aromatic heterocycles. The van der Waals surface area contributed by atoms with Crippen molar-refractivity contribution in [2.75, 3.05) is 13.1 Å². The van der Waals surface area contributed by atoms with Gasteiger partial charge in [-0.1, -0.05) is 17.7 Å². The van der Waals surface area contributed by atoms with Gasteiger partial charge >= 0.3 is 0 Å². The number of pyridine rings is 2. The Morgan fingerprint density at radius 1 is 1.04 bits per heavy atom. The quantitative estimate of drug-likeness (QED) is 0.778. The molecular weight excluding hydrogens is 322 g/mol. The van der Waals surface area contributed by atoms with E-state index in [1.807, 2.05) is 36.4 Å². The van der Waals surface area contributed by atoms with Crippen molar-refractivity contribution in [3.05, 3.63) is 65.1 Å². The highest BCUT2D eigenvalue weighted by Crippen LogP contribution is 2.41. The number of nitrogens with zero attached hydrogens (tertiary/aromatic N) is 3. The molecule has 0 aliphatic carbocycles. The fourth-order valence-corrected chi connectivity index (χ4v) is 3.77. The number of hydrogen-bond donors (Lipinski definition) is 1. The molecular formula is C19H18ClN3O. The van der Waals surface area contributed by atoms with E-state index in [0.29, 0.717) is 10.5 Å². The van der Waals surface area contributed by atoms with Gasteiger partial charge in [-0.15, -0.1) is 0 Å². The number of phenols is 1. The summed E-state index contributed by atoms with van der Waals surface area (Å²) in [7, 11) is 0. The summed E-state index contributed by atoms with van der Waals surface area (Å²) in [6.45, 7) is 1.97. The van der Waals surface area contributed by atoms with Gasteiger partial charge < -0.3 is 5.11 Å². The molecule has 1 unspecified atom stereocenters. The third kappa shape index (κ3) is 2.62. The average molecular weight is 340 g/mol. The van der Waals surface area contributed by atoms with E-state index in [1.54, 1.807) is 12.4 Å². The van der Waals surface area contributed by atoms with E-state index in [1.165, 1.54) is 0 Å². The Bertz CT molecular complexity index is 863. The van der Waals surface area contributed by atoms with Gasteiger partial charge in [0.2, 0.25) is 0 Å². The number of likely N-dealkylation sites (tertiary alicyclic amines) is 1. The Hall–Kier alpha value is -2.17. The number of phenolic OH excluding ortho intramolecular Hbond substituents is 1. The topological polar surface area (TPSA) is 49.3 Å². The van der Waals surface area contributed by atoms with Gasteiger partial charge in [-0.3, -0.25) is 14.9 Å². The van der Waals surface area contributed by atoms with E-state index >= 15 is 0 Å².